The molecule has 2 heteroatoms. The predicted octanol–water partition coefficient (Wildman–Crippen LogP) is 3.62. The van der Waals surface area contributed by atoms with E-state index in [0.717, 1.165) is 11.1 Å². The fourth-order valence-corrected chi connectivity index (χ4v) is 5.77. The van der Waals surface area contributed by atoms with E-state index in [1.807, 2.05) is 6.07 Å². The molecule has 3 aliphatic carbocycles. The average molecular weight is 344 g/mol. The molecule has 0 spiro atoms. The Hall–Kier alpha value is -2.19. The molecular formula is C24H26NO+. The summed E-state index contributed by atoms with van der Waals surface area (Å²) in [7, 11) is 4.30. The van der Waals surface area contributed by atoms with Crippen LogP contribution in [0.4, 0.5) is 5.69 Å². The maximum absolute atomic E-state index is 13.5. The highest BCUT2D eigenvalue weighted by Crippen LogP contribution is 2.62. The van der Waals surface area contributed by atoms with Crippen molar-refractivity contribution in [2.75, 3.05) is 14.1 Å². The van der Waals surface area contributed by atoms with Crippen LogP contribution in [0.5, 0.6) is 0 Å². The van der Waals surface area contributed by atoms with Gasteiger partial charge in [-0.2, -0.15) is 0 Å². The lowest BCUT2D eigenvalue weighted by atomic mass is 9.77. The molecule has 2 aromatic rings. The number of hydrogen-bond acceptors (Lipinski definition) is 1. The summed E-state index contributed by atoms with van der Waals surface area (Å²) in [4.78, 5) is 14.8. The first-order chi connectivity index (χ1) is 12.6. The number of carbonyl (C=O) groups excluding carboxylic acids is 1. The average Bonchev–Trinajstić information content (AvgIpc) is 3.35. The van der Waals surface area contributed by atoms with Crippen molar-refractivity contribution >= 4 is 22.6 Å². The minimum absolute atomic E-state index is 0.234. The summed E-state index contributed by atoms with van der Waals surface area (Å²) in [5.74, 6) is 2.39. The fourth-order valence-electron chi connectivity index (χ4n) is 5.77. The van der Waals surface area contributed by atoms with E-state index in [9.17, 15) is 4.79 Å². The van der Waals surface area contributed by atoms with Crippen molar-refractivity contribution in [3.8, 4) is 0 Å². The third-order valence-corrected chi connectivity index (χ3v) is 6.90. The number of nitrogens with one attached hydrogen (secondary N) is 1. The molecule has 0 amide bonds. The molecule has 5 rings (SSSR count). The molecule has 2 aromatic carbocycles. The van der Waals surface area contributed by atoms with Crippen LogP contribution < -0.4 is 4.90 Å². The molecule has 1 N–H and O–H groups in total. The molecule has 2 nitrogen and oxygen atoms in total. The van der Waals surface area contributed by atoms with Crippen molar-refractivity contribution in [2.45, 2.75) is 19.3 Å². The number of rotatable bonds is 3. The molecule has 0 aromatic heterocycles. The van der Waals surface area contributed by atoms with E-state index in [4.69, 9.17) is 0 Å². The third-order valence-electron chi connectivity index (χ3n) is 6.90. The zero-order valence-corrected chi connectivity index (χ0v) is 15.5. The highest BCUT2D eigenvalue weighted by molar-refractivity contribution is 6.32. The molecular weight excluding hydrogens is 318 g/mol. The van der Waals surface area contributed by atoms with Crippen molar-refractivity contribution in [1.29, 1.82) is 0 Å². The van der Waals surface area contributed by atoms with Crippen LogP contribution in [-0.4, -0.2) is 19.9 Å². The van der Waals surface area contributed by atoms with E-state index < -0.39 is 0 Å². The quantitative estimate of drug-likeness (QED) is 0.902. The normalized spacial score (nSPS) is 29.7. The van der Waals surface area contributed by atoms with Crippen LogP contribution in [-0.2, 0) is 4.79 Å². The van der Waals surface area contributed by atoms with E-state index in [2.05, 4.69) is 62.6 Å². The van der Waals surface area contributed by atoms with Gasteiger partial charge < -0.3 is 4.90 Å². The van der Waals surface area contributed by atoms with Crippen LogP contribution in [0.25, 0.3) is 11.1 Å². The van der Waals surface area contributed by atoms with Crippen molar-refractivity contribution < 1.29 is 9.69 Å². The topological polar surface area (TPSA) is 21.5 Å². The second kappa shape index (κ2) is 5.92. The second-order valence-corrected chi connectivity index (χ2v) is 8.48. The second-order valence-electron chi connectivity index (χ2n) is 8.48. The number of hydrogen-bond donors (Lipinski definition) is 1. The molecule has 2 bridgehead atoms. The van der Waals surface area contributed by atoms with Gasteiger partial charge in [0, 0.05) is 11.5 Å². The first-order valence-electron chi connectivity index (χ1n) is 9.90. The Bertz CT molecular complexity index is 878. The molecule has 0 heterocycles. The van der Waals surface area contributed by atoms with Crippen LogP contribution in [0.2, 0.25) is 0 Å². The van der Waals surface area contributed by atoms with Gasteiger partial charge in [-0.15, -0.1) is 0 Å². The molecule has 0 unspecified atom stereocenters. The van der Waals surface area contributed by atoms with Crippen LogP contribution in [0.15, 0.2) is 54.6 Å². The SMILES string of the molecule is C[NH+](C)c1ccc(C2=C(c3ccccc3)C(=O)[C@@H]3[C@H]4CC[C@H](C4)[C@H]23)cc1. The minimum Gasteiger partial charge on any atom is -0.307 e. The highest BCUT2D eigenvalue weighted by atomic mass is 16.1. The monoisotopic (exact) mass is 344 g/mol. The number of carbonyl (C=O) groups is 1. The van der Waals surface area contributed by atoms with Gasteiger partial charge in [0.25, 0.3) is 0 Å². The molecule has 3 aliphatic rings. The maximum atomic E-state index is 13.5. The van der Waals surface area contributed by atoms with Gasteiger partial charge in [-0.25, -0.2) is 0 Å². The highest BCUT2D eigenvalue weighted by Gasteiger charge is 2.57. The van der Waals surface area contributed by atoms with E-state index in [-0.39, 0.29) is 5.92 Å². The van der Waals surface area contributed by atoms with E-state index in [1.165, 1.54) is 41.0 Å². The van der Waals surface area contributed by atoms with Gasteiger partial charge in [-0.05, 0) is 78.0 Å². The summed E-state index contributed by atoms with van der Waals surface area (Å²) >= 11 is 0. The summed E-state index contributed by atoms with van der Waals surface area (Å²) in [6, 6.07) is 19.2. The van der Waals surface area contributed by atoms with Crippen molar-refractivity contribution in [3.05, 3.63) is 65.7 Å². The lowest BCUT2D eigenvalue weighted by Gasteiger charge is -2.26. The van der Waals surface area contributed by atoms with Gasteiger partial charge in [-0.3, -0.25) is 4.79 Å². The third kappa shape index (κ3) is 2.25. The van der Waals surface area contributed by atoms with E-state index in [1.54, 1.807) is 0 Å². The van der Waals surface area contributed by atoms with Gasteiger partial charge in [0.1, 0.15) is 5.69 Å². The molecule has 4 atom stereocenters. The van der Waals surface area contributed by atoms with Gasteiger partial charge >= 0.3 is 0 Å². The Kier molecular flexibility index (Phi) is 3.65. The maximum Gasteiger partial charge on any atom is 0.167 e. The van der Waals surface area contributed by atoms with E-state index >= 15 is 0 Å². The summed E-state index contributed by atoms with van der Waals surface area (Å²) in [5.41, 5.74) is 5.97. The van der Waals surface area contributed by atoms with E-state index in [0.29, 0.717) is 23.5 Å². The number of fused-ring (bicyclic) bond motifs is 5. The zero-order valence-electron chi connectivity index (χ0n) is 15.5. The van der Waals surface area contributed by atoms with Gasteiger partial charge in [0.15, 0.2) is 5.78 Å². The Morgan fingerprint density at radius 3 is 2.12 bits per heavy atom. The lowest BCUT2D eigenvalue weighted by Crippen LogP contribution is -3.00. The molecule has 2 saturated carbocycles. The summed E-state index contributed by atoms with van der Waals surface area (Å²) in [6.45, 7) is 0. The number of quaternary nitrogens is 1. The Morgan fingerprint density at radius 2 is 1.46 bits per heavy atom. The molecule has 0 aliphatic heterocycles. The summed E-state index contributed by atoms with van der Waals surface area (Å²) in [5, 5.41) is 0. The Labute approximate surface area is 155 Å². The fraction of sp³-hybridized carbons (Fsp3) is 0.375. The zero-order chi connectivity index (χ0) is 17.8. The largest absolute Gasteiger partial charge is 0.307 e. The van der Waals surface area contributed by atoms with Gasteiger partial charge in [0.05, 0.1) is 14.1 Å². The standard InChI is InChI=1S/C24H25NO/c1-25(2)19-12-10-16(11-13-19)20-21-17-8-9-18(14-17)23(21)24(26)22(20)15-6-4-3-5-7-15/h3-7,10-13,17-18,21,23H,8-9,14H2,1-2H3/p+1/t17-,18+,21-,23-/m1/s1. The first kappa shape index (κ1) is 16.0. The Morgan fingerprint density at radius 1 is 0.808 bits per heavy atom. The van der Waals surface area contributed by atoms with Crippen molar-refractivity contribution in [3.63, 3.8) is 0 Å². The lowest BCUT2D eigenvalue weighted by molar-refractivity contribution is -0.786. The number of ketones is 1. The van der Waals surface area contributed by atoms with Crippen LogP contribution in [0.1, 0.15) is 30.4 Å². The van der Waals surface area contributed by atoms with Crippen molar-refractivity contribution in [2.24, 2.45) is 23.7 Å². The van der Waals surface area contributed by atoms with Crippen LogP contribution in [0.3, 0.4) is 0 Å². The molecule has 0 radical (unpaired) electrons. The smallest absolute Gasteiger partial charge is 0.167 e. The minimum atomic E-state index is 0.234. The van der Waals surface area contributed by atoms with Crippen LogP contribution in [0, 0.1) is 23.7 Å². The van der Waals surface area contributed by atoms with Crippen molar-refractivity contribution in [1.82, 2.24) is 0 Å². The van der Waals surface area contributed by atoms with Crippen LogP contribution >= 0.6 is 0 Å². The molecule has 0 saturated heterocycles. The van der Waals surface area contributed by atoms with Gasteiger partial charge in [-0.1, -0.05) is 30.3 Å². The number of allylic oxidation sites excluding steroid dienone is 2. The number of Topliss-reactive ketones (excluding diaryl/α,β-unsaturated/α-hetero) is 1. The molecule has 26 heavy (non-hydrogen) atoms. The summed E-state index contributed by atoms with van der Waals surface area (Å²) in [6.07, 6.45) is 3.80. The summed E-state index contributed by atoms with van der Waals surface area (Å²) < 4.78 is 0. The van der Waals surface area contributed by atoms with Gasteiger partial charge in [0.2, 0.25) is 0 Å². The first-order valence-corrected chi connectivity index (χ1v) is 9.90. The molecule has 2 fully saturated rings. The predicted molar refractivity (Wildman–Crippen MR) is 105 cm³/mol. The number of benzene rings is 2. The Balaban J connectivity index is 1.68. The molecule has 132 valence electrons.